The van der Waals surface area contributed by atoms with E-state index in [1.165, 1.54) is 5.56 Å². The van der Waals surface area contributed by atoms with Gasteiger partial charge in [-0.15, -0.1) is 11.3 Å². The van der Waals surface area contributed by atoms with Crippen molar-refractivity contribution in [3.63, 3.8) is 0 Å². The van der Waals surface area contributed by atoms with Crippen molar-refractivity contribution in [3.8, 4) is 0 Å². The van der Waals surface area contributed by atoms with Crippen molar-refractivity contribution >= 4 is 27.7 Å². The first-order valence-corrected chi connectivity index (χ1v) is 5.30. The molecule has 0 saturated heterocycles. The Hall–Kier alpha value is -1.48. The number of benzene rings is 1. The van der Waals surface area contributed by atoms with Gasteiger partial charge in [0.05, 0.1) is 16.4 Å². The molecule has 3 N–H and O–H groups in total. The lowest BCUT2D eigenvalue weighted by atomic mass is 10.3. The van der Waals surface area contributed by atoms with E-state index in [0.29, 0.717) is 0 Å². The van der Waals surface area contributed by atoms with Crippen molar-refractivity contribution in [3.05, 3.63) is 41.3 Å². The first-order chi connectivity index (χ1) is 6.75. The smallest absolute Gasteiger partial charge is 0.0929 e. The monoisotopic (exact) mass is 204 g/mol. The number of rotatable bonds is 2. The van der Waals surface area contributed by atoms with Crippen LogP contribution in [0.2, 0.25) is 0 Å². The van der Waals surface area contributed by atoms with E-state index in [1.54, 1.807) is 11.3 Å². The predicted octanol–water partition coefficient (Wildman–Crippen LogP) is 3.38. The summed E-state index contributed by atoms with van der Waals surface area (Å²) in [5.41, 5.74) is 8.83. The molecular weight excluding hydrogens is 192 g/mol. The van der Waals surface area contributed by atoms with E-state index in [-0.39, 0.29) is 0 Å². The van der Waals surface area contributed by atoms with Crippen molar-refractivity contribution in [2.24, 2.45) is 0 Å². The van der Waals surface area contributed by atoms with Crippen LogP contribution in [0.3, 0.4) is 0 Å². The van der Waals surface area contributed by atoms with Crippen molar-refractivity contribution in [1.29, 1.82) is 0 Å². The molecule has 1 heterocycles. The second-order valence-corrected chi connectivity index (χ2v) is 4.11. The van der Waals surface area contributed by atoms with Crippen molar-refractivity contribution in [2.75, 3.05) is 11.1 Å². The van der Waals surface area contributed by atoms with Crippen LogP contribution in [0, 0.1) is 6.92 Å². The summed E-state index contributed by atoms with van der Waals surface area (Å²) in [6.07, 6.45) is 0. The molecular formula is C11H12N2S. The Labute approximate surface area is 87.4 Å². The van der Waals surface area contributed by atoms with Gasteiger partial charge >= 0.3 is 0 Å². The quantitative estimate of drug-likeness (QED) is 0.736. The molecule has 1 aromatic heterocycles. The van der Waals surface area contributed by atoms with E-state index in [2.05, 4.69) is 23.7 Å². The number of hydrogen-bond donors (Lipinski definition) is 2. The molecule has 0 aliphatic rings. The van der Waals surface area contributed by atoms with Gasteiger partial charge in [-0.05, 0) is 36.1 Å². The summed E-state index contributed by atoms with van der Waals surface area (Å²) >= 11 is 1.69. The normalized spacial score (nSPS) is 10.1. The van der Waals surface area contributed by atoms with Crippen LogP contribution < -0.4 is 11.1 Å². The number of para-hydroxylation sites is 2. The van der Waals surface area contributed by atoms with E-state index in [4.69, 9.17) is 5.73 Å². The third-order valence-corrected chi connectivity index (χ3v) is 2.91. The van der Waals surface area contributed by atoms with Crippen LogP contribution in [0.5, 0.6) is 0 Å². The first-order valence-electron chi connectivity index (χ1n) is 4.42. The summed E-state index contributed by atoms with van der Waals surface area (Å²) in [6.45, 7) is 2.08. The number of nitrogens with two attached hydrogens (primary N) is 1. The second-order valence-electron chi connectivity index (χ2n) is 3.20. The van der Waals surface area contributed by atoms with Crippen LogP contribution in [0.4, 0.5) is 16.4 Å². The van der Waals surface area contributed by atoms with Gasteiger partial charge in [-0.1, -0.05) is 12.1 Å². The van der Waals surface area contributed by atoms with Crippen LogP contribution in [-0.2, 0) is 0 Å². The number of nitrogens with one attached hydrogen (secondary N) is 1. The second kappa shape index (κ2) is 3.72. The Morgan fingerprint density at radius 1 is 1.29 bits per heavy atom. The molecule has 1 aromatic carbocycles. The molecule has 72 valence electrons. The van der Waals surface area contributed by atoms with Crippen LogP contribution in [0.1, 0.15) is 5.56 Å². The number of anilines is 3. The fourth-order valence-corrected chi connectivity index (χ4v) is 2.04. The minimum absolute atomic E-state index is 0.776. The highest BCUT2D eigenvalue weighted by Gasteiger charge is 1.99. The Balaban J connectivity index is 2.23. The van der Waals surface area contributed by atoms with Crippen LogP contribution >= 0.6 is 11.3 Å². The topological polar surface area (TPSA) is 38.0 Å². The molecule has 3 heteroatoms. The number of aryl methyl sites for hydroxylation is 1. The maximum atomic E-state index is 5.82. The maximum absolute atomic E-state index is 5.82. The summed E-state index contributed by atoms with van der Waals surface area (Å²) in [6, 6.07) is 9.88. The Kier molecular flexibility index (Phi) is 2.41. The van der Waals surface area contributed by atoms with E-state index in [1.807, 2.05) is 24.3 Å². The minimum Gasteiger partial charge on any atom is -0.397 e. The highest BCUT2D eigenvalue weighted by molar-refractivity contribution is 7.14. The highest BCUT2D eigenvalue weighted by Crippen LogP contribution is 2.27. The summed E-state index contributed by atoms with van der Waals surface area (Å²) < 4.78 is 0. The molecule has 0 atom stereocenters. The molecule has 2 nitrogen and oxygen atoms in total. The highest BCUT2D eigenvalue weighted by atomic mass is 32.1. The van der Waals surface area contributed by atoms with Crippen molar-refractivity contribution in [2.45, 2.75) is 6.92 Å². The van der Waals surface area contributed by atoms with Gasteiger partial charge in [0.15, 0.2) is 0 Å². The van der Waals surface area contributed by atoms with E-state index in [0.717, 1.165) is 16.4 Å². The number of thiophene rings is 1. The summed E-state index contributed by atoms with van der Waals surface area (Å²) in [4.78, 5) is 0. The van der Waals surface area contributed by atoms with Crippen LogP contribution in [0.15, 0.2) is 35.7 Å². The van der Waals surface area contributed by atoms with Gasteiger partial charge < -0.3 is 11.1 Å². The molecule has 0 fully saturated rings. The van der Waals surface area contributed by atoms with Crippen LogP contribution in [-0.4, -0.2) is 0 Å². The molecule has 0 radical (unpaired) electrons. The predicted molar refractivity (Wildman–Crippen MR) is 63.2 cm³/mol. The zero-order valence-corrected chi connectivity index (χ0v) is 8.77. The Morgan fingerprint density at radius 3 is 2.71 bits per heavy atom. The fourth-order valence-electron chi connectivity index (χ4n) is 1.24. The molecule has 0 spiro atoms. The molecule has 0 unspecified atom stereocenters. The van der Waals surface area contributed by atoms with Gasteiger partial charge in [-0.3, -0.25) is 0 Å². The maximum Gasteiger partial charge on any atom is 0.0929 e. The molecule has 2 aromatic rings. The molecule has 2 rings (SSSR count). The average Bonchev–Trinajstić information content (AvgIpc) is 2.56. The largest absolute Gasteiger partial charge is 0.397 e. The summed E-state index contributed by atoms with van der Waals surface area (Å²) in [5.74, 6) is 0. The fraction of sp³-hybridized carbons (Fsp3) is 0.0909. The van der Waals surface area contributed by atoms with Gasteiger partial charge in [0.1, 0.15) is 0 Å². The molecule has 0 aliphatic heterocycles. The zero-order valence-electron chi connectivity index (χ0n) is 7.95. The third-order valence-electron chi connectivity index (χ3n) is 1.95. The number of nitrogen functional groups attached to an aromatic ring is 1. The van der Waals surface area contributed by atoms with E-state index in [9.17, 15) is 0 Å². The lowest BCUT2D eigenvalue weighted by Crippen LogP contribution is -1.93. The van der Waals surface area contributed by atoms with Gasteiger partial charge in [0.2, 0.25) is 0 Å². The molecule has 0 saturated carbocycles. The lowest BCUT2D eigenvalue weighted by Gasteiger charge is -2.05. The molecule has 14 heavy (non-hydrogen) atoms. The van der Waals surface area contributed by atoms with Crippen LogP contribution in [0.25, 0.3) is 0 Å². The summed E-state index contributed by atoms with van der Waals surface area (Å²) in [7, 11) is 0. The minimum atomic E-state index is 0.776. The van der Waals surface area contributed by atoms with Crippen molar-refractivity contribution < 1.29 is 0 Å². The Bertz CT molecular complexity index is 434. The zero-order chi connectivity index (χ0) is 9.97. The summed E-state index contributed by atoms with van der Waals surface area (Å²) in [5, 5.41) is 6.52. The Morgan fingerprint density at radius 2 is 2.07 bits per heavy atom. The van der Waals surface area contributed by atoms with Gasteiger partial charge in [-0.2, -0.15) is 0 Å². The van der Waals surface area contributed by atoms with Crippen molar-refractivity contribution in [1.82, 2.24) is 0 Å². The average molecular weight is 204 g/mol. The standard InChI is InChI=1S/C11H12N2S/c1-8-6-11(14-7-8)13-10-5-3-2-4-9(10)12/h2-7,13H,12H2,1H3. The van der Waals surface area contributed by atoms with Gasteiger partial charge in [0, 0.05) is 0 Å². The van der Waals surface area contributed by atoms with E-state index >= 15 is 0 Å². The molecule has 0 amide bonds. The van der Waals surface area contributed by atoms with E-state index < -0.39 is 0 Å². The first kappa shape index (κ1) is 9.09. The van der Waals surface area contributed by atoms with Gasteiger partial charge in [0.25, 0.3) is 0 Å². The third kappa shape index (κ3) is 1.88. The van der Waals surface area contributed by atoms with Gasteiger partial charge in [-0.25, -0.2) is 0 Å². The SMILES string of the molecule is Cc1csc(Nc2ccccc2N)c1. The molecule has 0 aliphatic carbocycles. The lowest BCUT2D eigenvalue weighted by molar-refractivity contribution is 1.54. The molecule has 0 bridgehead atoms. The number of hydrogen-bond acceptors (Lipinski definition) is 3.